The highest BCUT2D eigenvalue weighted by molar-refractivity contribution is 8.15. The number of amides is 1. The molecule has 1 fully saturated rings. The zero-order valence-electron chi connectivity index (χ0n) is 13.4. The third-order valence-electron chi connectivity index (χ3n) is 5.02. The van der Waals surface area contributed by atoms with Crippen LogP contribution in [-0.2, 0) is 11.2 Å². The number of aliphatic imine (C=N–C) groups is 1. The molecule has 0 spiro atoms. The summed E-state index contributed by atoms with van der Waals surface area (Å²) >= 11 is 1.48. The lowest BCUT2D eigenvalue weighted by Crippen LogP contribution is -2.38. The van der Waals surface area contributed by atoms with Gasteiger partial charge in [-0.2, -0.15) is 0 Å². The fourth-order valence-electron chi connectivity index (χ4n) is 3.89. The van der Waals surface area contributed by atoms with Crippen molar-refractivity contribution in [1.29, 1.82) is 0 Å². The SMILES string of the molecule is O=C1CSC2=NC3=C(CCc4ccccc43)[C@@H](c3ccc(F)cc3)N12. The highest BCUT2D eigenvalue weighted by atomic mass is 32.2. The van der Waals surface area contributed by atoms with Gasteiger partial charge in [-0.3, -0.25) is 9.69 Å². The van der Waals surface area contributed by atoms with Gasteiger partial charge >= 0.3 is 0 Å². The van der Waals surface area contributed by atoms with Crippen molar-refractivity contribution in [2.75, 3.05) is 5.75 Å². The van der Waals surface area contributed by atoms with E-state index in [2.05, 4.69) is 18.2 Å². The van der Waals surface area contributed by atoms with Gasteiger partial charge in [0.15, 0.2) is 5.17 Å². The minimum atomic E-state index is -0.265. The molecule has 0 bridgehead atoms. The summed E-state index contributed by atoms with van der Waals surface area (Å²) in [5.74, 6) is 0.223. The van der Waals surface area contributed by atoms with E-state index < -0.39 is 0 Å². The third-order valence-corrected chi connectivity index (χ3v) is 5.96. The Morgan fingerprint density at radius 2 is 1.88 bits per heavy atom. The number of nitrogens with zero attached hydrogens (tertiary/aromatic N) is 2. The smallest absolute Gasteiger partial charge is 0.239 e. The number of carbonyl (C=O) groups excluding carboxylic acids is 1. The normalized spacial score (nSPS) is 21.6. The minimum absolute atomic E-state index is 0.0727. The maximum atomic E-state index is 13.4. The van der Waals surface area contributed by atoms with Crippen molar-refractivity contribution in [3.8, 4) is 0 Å². The molecule has 0 radical (unpaired) electrons. The molecule has 1 atom stereocenters. The predicted octanol–water partition coefficient (Wildman–Crippen LogP) is 4.17. The summed E-state index contributed by atoms with van der Waals surface area (Å²) in [5.41, 5.74) is 5.54. The molecule has 1 amide bonds. The van der Waals surface area contributed by atoms with Crippen LogP contribution >= 0.6 is 11.8 Å². The third kappa shape index (κ3) is 2.26. The highest BCUT2D eigenvalue weighted by Gasteiger charge is 2.42. The number of hydrogen-bond donors (Lipinski definition) is 0. The van der Waals surface area contributed by atoms with Crippen LogP contribution in [0, 0.1) is 5.82 Å². The Morgan fingerprint density at radius 3 is 2.72 bits per heavy atom. The topological polar surface area (TPSA) is 32.7 Å². The lowest BCUT2D eigenvalue weighted by Gasteiger charge is -2.37. The largest absolute Gasteiger partial charge is 0.279 e. The first-order valence-corrected chi connectivity index (χ1v) is 9.31. The van der Waals surface area contributed by atoms with Gasteiger partial charge < -0.3 is 0 Å². The number of aryl methyl sites for hydroxylation is 1. The molecule has 1 saturated heterocycles. The second-order valence-corrected chi connectivity index (χ2v) is 7.37. The van der Waals surface area contributed by atoms with E-state index in [1.54, 1.807) is 17.0 Å². The summed E-state index contributed by atoms with van der Waals surface area (Å²) in [5, 5.41) is 0.759. The average Bonchev–Trinajstić information content (AvgIpc) is 3.01. The number of thioether (sulfide) groups is 1. The van der Waals surface area contributed by atoms with Crippen LogP contribution in [0.25, 0.3) is 5.70 Å². The second kappa shape index (κ2) is 5.56. The molecule has 2 aromatic carbocycles. The van der Waals surface area contributed by atoms with Crippen molar-refractivity contribution >= 4 is 28.5 Å². The van der Waals surface area contributed by atoms with Crippen molar-refractivity contribution in [2.45, 2.75) is 18.9 Å². The predicted molar refractivity (Wildman–Crippen MR) is 97.6 cm³/mol. The zero-order valence-corrected chi connectivity index (χ0v) is 14.2. The van der Waals surface area contributed by atoms with Crippen LogP contribution < -0.4 is 0 Å². The molecule has 0 N–H and O–H groups in total. The van der Waals surface area contributed by atoms with Crippen LogP contribution in [0.4, 0.5) is 4.39 Å². The first-order valence-electron chi connectivity index (χ1n) is 8.33. The summed E-state index contributed by atoms with van der Waals surface area (Å²) in [6.07, 6.45) is 1.80. The summed E-state index contributed by atoms with van der Waals surface area (Å²) in [4.78, 5) is 19.1. The van der Waals surface area contributed by atoms with Gasteiger partial charge in [0.1, 0.15) is 5.82 Å². The molecule has 0 unspecified atom stereocenters. The Labute approximate surface area is 149 Å². The lowest BCUT2D eigenvalue weighted by molar-refractivity contribution is -0.125. The van der Waals surface area contributed by atoms with E-state index in [-0.39, 0.29) is 17.8 Å². The standard InChI is InChI=1S/C20H15FN2OS/c21-14-8-5-13(6-9-14)19-16-10-7-12-3-1-2-4-15(12)18(16)22-20-23(19)17(24)11-25-20/h1-6,8-9,19H,7,10-11H2/t19-/m1/s1. The van der Waals surface area contributed by atoms with Gasteiger partial charge in [-0.05, 0) is 41.7 Å². The molecule has 1 aliphatic carbocycles. The van der Waals surface area contributed by atoms with Gasteiger partial charge in [-0.1, -0.05) is 48.2 Å². The molecule has 0 saturated carbocycles. The maximum absolute atomic E-state index is 13.4. The maximum Gasteiger partial charge on any atom is 0.239 e. The molecule has 2 aliphatic heterocycles. The highest BCUT2D eigenvalue weighted by Crippen LogP contribution is 2.47. The summed E-state index contributed by atoms with van der Waals surface area (Å²) in [6, 6.07) is 14.6. The Hall–Kier alpha value is -2.40. The van der Waals surface area contributed by atoms with Crippen LogP contribution in [0.15, 0.2) is 59.1 Å². The summed E-state index contributed by atoms with van der Waals surface area (Å²) < 4.78 is 13.4. The van der Waals surface area contributed by atoms with Gasteiger partial charge in [0.2, 0.25) is 5.91 Å². The number of halogens is 1. The fraction of sp³-hybridized carbons (Fsp3) is 0.200. The molecule has 25 heavy (non-hydrogen) atoms. The van der Waals surface area contributed by atoms with E-state index in [1.165, 1.54) is 29.5 Å². The molecule has 124 valence electrons. The summed E-state index contributed by atoms with van der Waals surface area (Å²) in [7, 11) is 0. The van der Waals surface area contributed by atoms with E-state index in [0.29, 0.717) is 5.75 Å². The Morgan fingerprint density at radius 1 is 1.08 bits per heavy atom. The molecule has 0 aromatic heterocycles. The lowest BCUT2D eigenvalue weighted by atomic mass is 9.82. The van der Waals surface area contributed by atoms with Crippen LogP contribution in [0.5, 0.6) is 0 Å². The number of rotatable bonds is 1. The number of amidine groups is 1. The minimum Gasteiger partial charge on any atom is -0.279 e. The molecule has 2 aromatic rings. The number of fused-ring (bicyclic) bond motifs is 3. The molecule has 5 rings (SSSR count). The quantitative estimate of drug-likeness (QED) is 0.773. The van der Waals surface area contributed by atoms with Crippen molar-refractivity contribution in [1.82, 2.24) is 4.90 Å². The van der Waals surface area contributed by atoms with E-state index in [0.717, 1.165) is 40.4 Å². The van der Waals surface area contributed by atoms with Crippen molar-refractivity contribution in [2.24, 2.45) is 4.99 Å². The van der Waals surface area contributed by atoms with E-state index in [1.807, 2.05) is 6.07 Å². The molecule has 2 heterocycles. The zero-order chi connectivity index (χ0) is 17.0. The Kier molecular flexibility index (Phi) is 3.31. The summed E-state index contributed by atoms with van der Waals surface area (Å²) in [6.45, 7) is 0. The van der Waals surface area contributed by atoms with Crippen LogP contribution in [-0.4, -0.2) is 21.7 Å². The van der Waals surface area contributed by atoms with Crippen LogP contribution in [0.3, 0.4) is 0 Å². The average molecular weight is 350 g/mol. The van der Waals surface area contributed by atoms with Crippen LogP contribution in [0.2, 0.25) is 0 Å². The van der Waals surface area contributed by atoms with Crippen molar-refractivity contribution < 1.29 is 9.18 Å². The molecule has 5 heteroatoms. The van der Waals surface area contributed by atoms with E-state index >= 15 is 0 Å². The van der Waals surface area contributed by atoms with Crippen LogP contribution in [0.1, 0.15) is 29.2 Å². The van der Waals surface area contributed by atoms with E-state index in [9.17, 15) is 9.18 Å². The number of hydrogen-bond acceptors (Lipinski definition) is 3. The van der Waals surface area contributed by atoms with Gasteiger partial charge in [-0.15, -0.1) is 0 Å². The van der Waals surface area contributed by atoms with Gasteiger partial charge in [0.25, 0.3) is 0 Å². The number of carbonyl (C=O) groups is 1. The fourth-order valence-corrected chi connectivity index (χ4v) is 4.78. The first kappa shape index (κ1) is 14.9. The van der Waals surface area contributed by atoms with Crippen molar-refractivity contribution in [3.05, 3.63) is 76.6 Å². The monoisotopic (exact) mass is 350 g/mol. The number of benzene rings is 2. The second-order valence-electron chi connectivity index (χ2n) is 6.43. The first-order chi connectivity index (χ1) is 12.2. The Balaban J connectivity index is 1.73. The van der Waals surface area contributed by atoms with Crippen molar-refractivity contribution in [3.63, 3.8) is 0 Å². The molecular formula is C20H15FN2OS. The molecule has 3 nitrogen and oxygen atoms in total. The van der Waals surface area contributed by atoms with E-state index in [4.69, 9.17) is 4.99 Å². The Bertz CT molecular complexity index is 948. The van der Waals surface area contributed by atoms with Gasteiger partial charge in [0.05, 0.1) is 17.5 Å². The van der Waals surface area contributed by atoms with Gasteiger partial charge in [-0.25, -0.2) is 9.38 Å². The van der Waals surface area contributed by atoms with Gasteiger partial charge in [0, 0.05) is 5.56 Å². The molecular weight excluding hydrogens is 335 g/mol. The molecule has 3 aliphatic rings.